The number of benzene rings is 1. The second kappa shape index (κ2) is 17.9. The number of rotatable bonds is 18. The van der Waals surface area contributed by atoms with Gasteiger partial charge in [-0.15, -0.1) is 0 Å². The van der Waals surface area contributed by atoms with Crippen molar-refractivity contribution >= 4 is 35.6 Å². The van der Waals surface area contributed by atoms with Gasteiger partial charge in [-0.05, 0) is 43.4 Å². The van der Waals surface area contributed by atoms with Gasteiger partial charge in [0.05, 0.1) is 12.6 Å². The number of carboxylic acids is 1. The molecule has 1 rings (SSSR count). The highest BCUT2D eigenvalue weighted by molar-refractivity contribution is 5.94. The lowest BCUT2D eigenvalue weighted by molar-refractivity contribution is -0.142. The van der Waals surface area contributed by atoms with Crippen molar-refractivity contribution in [2.75, 3.05) is 19.7 Å². The zero-order valence-corrected chi connectivity index (χ0v) is 22.5. The first kappa shape index (κ1) is 34.4. The van der Waals surface area contributed by atoms with Crippen LogP contribution in [0.15, 0.2) is 34.3 Å². The number of carbonyl (C=O) groups is 4. The van der Waals surface area contributed by atoms with Crippen molar-refractivity contribution in [1.29, 1.82) is 0 Å². The number of carboxylic acid groups (broad SMARTS) is 1. The third-order valence-corrected chi connectivity index (χ3v) is 5.69. The van der Waals surface area contributed by atoms with Crippen LogP contribution >= 0.6 is 0 Å². The predicted molar refractivity (Wildman–Crippen MR) is 150 cm³/mol. The van der Waals surface area contributed by atoms with E-state index in [9.17, 15) is 34.5 Å². The third kappa shape index (κ3) is 13.8. The van der Waals surface area contributed by atoms with Gasteiger partial charge >= 0.3 is 5.97 Å². The number of nitrogens with one attached hydrogen (secondary N) is 3. The molecule has 1 aromatic rings. The number of aromatic hydroxyl groups is 1. The molecule has 17 nitrogen and oxygen atoms in total. The summed E-state index contributed by atoms with van der Waals surface area (Å²) in [6, 6.07) is 0.599. The monoisotopic (exact) mass is 580 g/mol. The highest BCUT2D eigenvalue weighted by Gasteiger charge is 2.30. The molecule has 1 aromatic carbocycles. The van der Waals surface area contributed by atoms with E-state index in [4.69, 9.17) is 28.7 Å². The standard InChI is InChI=1S/C24H40N10O7/c25-15(3-1-9-30-23(26)27)19(37)32-16(4-2-10-31-24(28)29)20(38)34-18(12-35)21(39)33-17(22(40)41)11-13-5-7-14(36)8-6-13/h5-8,15-18,35-36H,1-4,9-12,25H2,(H,32,37)(H,33,39)(H,34,38)(H,40,41)(H4,26,27,30)(H4,28,29,31). The molecule has 0 aliphatic heterocycles. The van der Waals surface area contributed by atoms with Gasteiger partial charge in [0, 0.05) is 19.5 Å². The maximum atomic E-state index is 13.1. The molecule has 0 heterocycles. The minimum absolute atomic E-state index is 0.0143. The van der Waals surface area contributed by atoms with Gasteiger partial charge in [0.1, 0.15) is 23.9 Å². The zero-order valence-electron chi connectivity index (χ0n) is 22.5. The smallest absolute Gasteiger partial charge is 0.326 e. The number of aliphatic hydroxyl groups excluding tert-OH is 1. The summed E-state index contributed by atoms with van der Waals surface area (Å²) in [4.78, 5) is 57.9. The van der Waals surface area contributed by atoms with Crippen LogP contribution in [0.3, 0.4) is 0 Å². The fourth-order valence-corrected chi connectivity index (χ4v) is 3.51. The number of nitrogens with zero attached hydrogens (tertiary/aromatic N) is 2. The van der Waals surface area contributed by atoms with Gasteiger partial charge in [-0.2, -0.15) is 0 Å². The second-order valence-electron chi connectivity index (χ2n) is 9.08. The molecule has 16 N–H and O–H groups in total. The van der Waals surface area contributed by atoms with E-state index in [2.05, 4.69) is 25.9 Å². The van der Waals surface area contributed by atoms with Crippen LogP contribution in [0, 0.1) is 0 Å². The highest BCUT2D eigenvalue weighted by Crippen LogP contribution is 2.12. The summed E-state index contributed by atoms with van der Waals surface area (Å²) in [5, 5.41) is 35.9. The number of hydrogen-bond acceptors (Lipinski definition) is 9. The molecule has 17 heteroatoms. The number of nitrogens with two attached hydrogens (primary N) is 5. The van der Waals surface area contributed by atoms with E-state index in [1.54, 1.807) is 0 Å². The first-order valence-corrected chi connectivity index (χ1v) is 12.7. The van der Waals surface area contributed by atoms with Crippen molar-refractivity contribution in [1.82, 2.24) is 16.0 Å². The van der Waals surface area contributed by atoms with Gasteiger partial charge in [-0.25, -0.2) is 4.79 Å². The number of phenols is 1. The number of aliphatic hydroxyl groups is 1. The van der Waals surface area contributed by atoms with Crippen LogP contribution < -0.4 is 44.6 Å². The Morgan fingerprint density at radius 1 is 0.756 bits per heavy atom. The average Bonchev–Trinajstić information content (AvgIpc) is 2.91. The van der Waals surface area contributed by atoms with Crippen molar-refractivity contribution in [3.05, 3.63) is 29.8 Å². The summed E-state index contributed by atoms with van der Waals surface area (Å²) in [5.41, 5.74) is 27.6. The quantitative estimate of drug-likeness (QED) is 0.0448. The zero-order chi connectivity index (χ0) is 30.9. The maximum absolute atomic E-state index is 13.1. The second-order valence-corrected chi connectivity index (χ2v) is 9.08. The lowest BCUT2D eigenvalue weighted by Gasteiger charge is -2.24. The number of phenolic OH excluding ortho intramolecular Hbond substituents is 1. The number of aliphatic carboxylic acids is 1. The van der Waals surface area contributed by atoms with E-state index in [0.29, 0.717) is 12.0 Å². The molecular formula is C24H40N10O7. The summed E-state index contributed by atoms with van der Waals surface area (Å²) in [7, 11) is 0. The van der Waals surface area contributed by atoms with Crippen molar-refractivity contribution in [3.63, 3.8) is 0 Å². The molecule has 0 radical (unpaired) electrons. The molecule has 0 aliphatic rings. The van der Waals surface area contributed by atoms with Gasteiger partial charge in [0.2, 0.25) is 17.7 Å². The molecule has 0 saturated carbocycles. The van der Waals surface area contributed by atoms with Crippen LogP contribution in [0.25, 0.3) is 0 Å². The van der Waals surface area contributed by atoms with E-state index in [0.717, 1.165) is 0 Å². The molecule has 0 aliphatic carbocycles. The molecule has 0 saturated heterocycles. The van der Waals surface area contributed by atoms with Crippen LogP contribution in [0.5, 0.6) is 5.75 Å². The summed E-state index contributed by atoms with van der Waals surface area (Å²) >= 11 is 0. The Kier molecular flexibility index (Phi) is 15.0. The molecule has 41 heavy (non-hydrogen) atoms. The number of carbonyl (C=O) groups excluding carboxylic acids is 3. The minimum Gasteiger partial charge on any atom is -0.508 e. The maximum Gasteiger partial charge on any atom is 0.326 e. The van der Waals surface area contributed by atoms with Crippen molar-refractivity contribution < 1.29 is 34.5 Å². The Morgan fingerprint density at radius 2 is 1.24 bits per heavy atom. The number of aliphatic imine (C=N–C) groups is 2. The predicted octanol–water partition coefficient (Wildman–Crippen LogP) is -4.10. The van der Waals surface area contributed by atoms with Gasteiger partial charge < -0.3 is 59.9 Å². The van der Waals surface area contributed by atoms with Crippen LogP contribution in [0.4, 0.5) is 0 Å². The van der Waals surface area contributed by atoms with Gasteiger partial charge in [0.25, 0.3) is 0 Å². The highest BCUT2D eigenvalue weighted by atomic mass is 16.4. The Bertz CT molecular complexity index is 1070. The average molecular weight is 581 g/mol. The number of hydrogen-bond donors (Lipinski definition) is 11. The van der Waals surface area contributed by atoms with E-state index in [-0.39, 0.29) is 56.4 Å². The third-order valence-electron chi connectivity index (χ3n) is 5.69. The van der Waals surface area contributed by atoms with Crippen molar-refractivity contribution in [3.8, 4) is 5.75 Å². The molecule has 228 valence electrons. The Balaban J connectivity index is 2.90. The molecule has 0 bridgehead atoms. The molecular weight excluding hydrogens is 540 g/mol. The SMILES string of the molecule is NC(N)=NCCCC(N)C(=O)NC(CCCN=C(N)N)C(=O)NC(CO)C(=O)NC(Cc1ccc(O)cc1)C(=O)O. The van der Waals surface area contributed by atoms with Crippen molar-refractivity contribution in [2.45, 2.75) is 56.3 Å². The summed E-state index contributed by atoms with van der Waals surface area (Å²) < 4.78 is 0. The van der Waals surface area contributed by atoms with Crippen LogP contribution in [0.1, 0.15) is 31.2 Å². The Morgan fingerprint density at radius 3 is 1.76 bits per heavy atom. The lowest BCUT2D eigenvalue weighted by atomic mass is 10.0. The van der Waals surface area contributed by atoms with Crippen LogP contribution in [-0.4, -0.2) is 94.8 Å². The first-order chi connectivity index (χ1) is 19.3. The first-order valence-electron chi connectivity index (χ1n) is 12.7. The van der Waals surface area contributed by atoms with Crippen molar-refractivity contribution in [2.24, 2.45) is 38.7 Å². The van der Waals surface area contributed by atoms with Gasteiger partial charge in [-0.1, -0.05) is 12.1 Å². The summed E-state index contributed by atoms with van der Waals surface area (Å²) in [6.07, 6.45) is 0.796. The Labute approximate surface area is 236 Å². The normalized spacial score (nSPS) is 13.5. The van der Waals surface area contributed by atoms with Crippen LogP contribution in [0.2, 0.25) is 0 Å². The molecule has 3 amide bonds. The summed E-state index contributed by atoms with van der Waals surface area (Å²) in [6.45, 7) is -0.459. The van der Waals surface area contributed by atoms with E-state index in [1.807, 2.05) is 0 Å². The topological polar surface area (TPSA) is 320 Å². The number of amides is 3. The van der Waals surface area contributed by atoms with Gasteiger partial charge in [0.15, 0.2) is 11.9 Å². The molecule has 0 aromatic heterocycles. The molecule has 4 atom stereocenters. The Hall–Kier alpha value is -4.64. The van der Waals surface area contributed by atoms with E-state index >= 15 is 0 Å². The lowest BCUT2D eigenvalue weighted by Crippen LogP contribution is -2.58. The number of guanidine groups is 2. The van der Waals surface area contributed by atoms with Crippen LogP contribution in [-0.2, 0) is 25.6 Å². The minimum atomic E-state index is -1.53. The molecule has 4 unspecified atom stereocenters. The van der Waals surface area contributed by atoms with Gasteiger partial charge in [-0.3, -0.25) is 24.4 Å². The summed E-state index contributed by atoms with van der Waals surface area (Å²) in [5.74, 6) is -4.06. The molecule has 0 spiro atoms. The fourth-order valence-electron chi connectivity index (χ4n) is 3.51. The largest absolute Gasteiger partial charge is 0.508 e. The molecule has 0 fully saturated rings. The van der Waals surface area contributed by atoms with E-state index < -0.39 is 54.5 Å². The van der Waals surface area contributed by atoms with E-state index in [1.165, 1.54) is 24.3 Å². The fraction of sp³-hybridized carbons (Fsp3) is 0.500.